The Morgan fingerprint density at radius 2 is 0.816 bits per heavy atom. The molecular weight excluding hydrogens is 591 g/mol. The zero-order valence-electron chi connectivity index (χ0n) is 26.8. The number of rotatable bonds is 4. The van der Waals surface area contributed by atoms with E-state index in [9.17, 15) is 0 Å². The maximum absolute atomic E-state index is 2.49. The number of hydrogen-bond acceptors (Lipinski definition) is 0. The van der Waals surface area contributed by atoms with Crippen molar-refractivity contribution in [1.29, 1.82) is 0 Å². The number of benzene rings is 9. The van der Waals surface area contributed by atoms with Crippen LogP contribution in [0.25, 0.3) is 93.2 Å². The van der Waals surface area contributed by atoms with Crippen LogP contribution in [-0.4, -0.2) is 4.57 Å². The fourth-order valence-corrected chi connectivity index (χ4v) is 7.96. The van der Waals surface area contributed by atoms with E-state index in [0.29, 0.717) is 0 Å². The highest BCUT2D eigenvalue weighted by Gasteiger charge is 2.21. The largest absolute Gasteiger partial charge is 0.309 e. The van der Waals surface area contributed by atoms with Crippen molar-refractivity contribution in [1.82, 2.24) is 4.57 Å². The molecule has 0 saturated carbocycles. The summed E-state index contributed by atoms with van der Waals surface area (Å²) in [6.45, 7) is 0. The van der Waals surface area contributed by atoms with Crippen LogP contribution in [0.2, 0.25) is 0 Å². The Balaban J connectivity index is 1.28. The standard InChI is InChI=1S/C48H31N/c1-3-14-32(15-4-1)33-26-28-34(29-27-33)36-18-13-19-37(30-36)49-45-25-12-11-24-42(45)47-46-40-22-9-7-20-38(40)43(35-16-5-2-6-17-35)31-44(46)39-21-8-10-23-41(39)48(47)49/h1-31H. The normalized spacial score (nSPS) is 11.7. The first-order valence-electron chi connectivity index (χ1n) is 16.9. The van der Waals surface area contributed by atoms with Crippen molar-refractivity contribution < 1.29 is 0 Å². The molecule has 0 amide bonds. The summed E-state index contributed by atoms with van der Waals surface area (Å²) in [5.41, 5.74) is 11.0. The molecule has 10 aromatic rings. The first-order chi connectivity index (χ1) is 24.3. The quantitative estimate of drug-likeness (QED) is 0.172. The van der Waals surface area contributed by atoms with Gasteiger partial charge >= 0.3 is 0 Å². The molecule has 9 aromatic carbocycles. The van der Waals surface area contributed by atoms with E-state index in [2.05, 4.69) is 193 Å². The van der Waals surface area contributed by atoms with Crippen molar-refractivity contribution in [2.75, 3.05) is 0 Å². The van der Waals surface area contributed by atoms with E-state index in [-0.39, 0.29) is 0 Å². The Hall–Kier alpha value is -6.44. The molecule has 0 N–H and O–H groups in total. The van der Waals surface area contributed by atoms with Crippen LogP contribution in [-0.2, 0) is 0 Å². The van der Waals surface area contributed by atoms with Crippen LogP contribution in [0, 0.1) is 0 Å². The first kappa shape index (κ1) is 27.7. The Morgan fingerprint density at radius 3 is 1.55 bits per heavy atom. The molecule has 1 nitrogen and oxygen atoms in total. The minimum absolute atomic E-state index is 1.16. The van der Waals surface area contributed by atoms with Crippen molar-refractivity contribution in [3.05, 3.63) is 188 Å². The summed E-state index contributed by atoms with van der Waals surface area (Å²) < 4.78 is 2.49. The van der Waals surface area contributed by atoms with Gasteiger partial charge in [0.05, 0.1) is 11.0 Å². The van der Waals surface area contributed by atoms with Gasteiger partial charge in [-0.25, -0.2) is 0 Å². The van der Waals surface area contributed by atoms with Gasteiger partial charge in [-0.15, -0.1) is 0 Å². The van der Waals surface area contributed by atoms with Crippen LogP contribution in [0.1, 0.15) is 0 Å². The van der Waals surface area contributed by atoms with E-state index in [0.717, 1.165) is 5.69 Å². The van der Waals surface area contributed by atoms with E-state index in [1.165, 1.54) is 87.5 Å². The molecule has 1 heteroatoms. The van der Waals surface area contributed by atoms with Gasteiger partial charge in [-0.1, -0.05) is 164 Å². The van der Waals surface area contributed by atoms with Gasteiger partial charge in [0.25, 0.3) is 0 Å². The van der Waals surface area contributed by atoms with E-state index < -0.39 is 0 Å². The molecule has 0 aliphatic rings. The van der Waals surface area contributed by atoms with E-state index in [4.69, 9.17) is 0 Å². The van der Waals surface area contributed by atoms with Crippen molar-refractivity contribution >= 4 is 54.1 Å². The molecule has 0 aliphatic carbocycles. The van der Waals surface area contributed by atoms with Crippen LogP contribution in [0.15, 0.2) is 188 Å². The van der Waals surface area contributed by atoms with Gasteiger partial charge in [-0.05, 0) is 79.2 Å². The lowest BCUT2D eigenvalue weighted by atomic mass is 9.88. The molecular formula is C48H31N. The maximum Gasteiger partial charge on any atom is 0.0626 e. The van der Waals surface area contributed by atoms with Crippen molar-refractivity contribution in [2.45, 2.75) is 0 Å². The van der Waals surface area contributed by atoms with Crippen LogP contribution >= 0.6 is 0 Å². The van der Waals surface area contributed by atoms with Crippen LogP contribution < -0.4 is 0 Å². The van der Waals surface area contributed by atoms with Gasteiger partial charge in [0.2, 0.25) is 0 Å². The Labute approximate surface area is 284 Å². The average molecular weight is 622 g/mol. The molecule has 0 saturated heterocycles. The van der Waals surface area contributed by atoms with E-state index >= 15 is 0 Å². The fraction of sp³-hybridized carbons (Fsp3) is 0. The SMILES string of the molecule is c1ccc(-c2ccc(-c3cccc(-n4c5ccccc5c5c6c7ccccc7c(-c7ccccc7)cc6c6ccccc6c54)c3)cc2)cc1. The second kappa shape index (κ2) is 11.1. The van der Waals surface area contributed by atoms with Crippen molar-refractivity contribution in [3.8, 4) is 39.1 Å². The third-order valence-electron chi connectivity index (χ3n) is 10.2. The predicted molar refractivity (Wildman–Crippen MR) is 210 cm³/mol. The molecule has 10 rings (SSSR count). The summed E-state index contributed by atoms with van der Waals surface area (Å²) in [7, 11) is 0. The fourth-order valence-electron chi connectivity index (χ4n) is 7.96. The lowest BCUT2D eigenvalue weighted by Gasteiger charge is -2.16. The Kier molecular flexibility index (Phi) is 6.25. The zero-order chi connectivity index (χ0) is 32.3. The number of nitrogens with zero attached hydrogens (tertiary/aromatic N) is 1. The minimum atomic E-state index is 1.16. The highest BCUT2D eigenvalue weighted by atomic mass is 15.0. The van der Waals surface area contributed by atoms with E-state index in [1.54, 1.807) is 0 Å². The predicted octanol–water partition coefficient (Wildman–Crippen LogP) is 13.2. The second-order valence-electron chi connectivity index (χ2n) is 12.9. The summed E-state index contributed by atoms with van der Waals surface area (Å²) in [6.07, 6.45) is 0. The number of aromatic nitrogens is 1. The van der Waals surface area contributed by atoms with Crippen LogP contribution in [0.4, 0.5) is 0 Å². The topological polar surface area (TPSA) is 4.93 Å². The molecule has 228 valence electrons. The smallest absolute Gasteiger partial charge is 0.0626 e. The summed E-state index contributed by atoms with van der Waals surface area (Å²) in [6, 6.07) is 68.6. The molecule has 0 fully saturated rings. The molecule has 0 atom stereocenters. The van der Waals surface area contributed by atoms with Crippen molar-refractivity contribution in [3.63, 3.8) is 0 Å². The third kappa shape index (κ3) is 4.33. The molecule has 1 aromatic heterocycles. The molecule has 1 heterocycles. The summed E-state index contributed by atoms with van der Waals surface area (Å²) >= 11 is 0. The minimum Gasteiger partial charge on any atom is -0.309 e. The molecule has 0 spiro atoms. The summed E-state index contributed by atoms with van der Waals surface area (Å²) in [5.74, 6) is 0. The number of fused-ring (bicyclic) bond motifs is 10. The second-order valence-corrected chi connectivity index (χ2v) is 12.9. The van der Waals surface area contributed by atoms with E-state index in [1.807, 2.05) is 0 Å². The number of para-hydroxylation sites is 1. The Bertz CT molecular complexity index is 2840. The highest BCUT2D eigenvalue weighted by Crippen LogP contribution is 2.47. The summed E-state index contributed by atoms with van der Waals surface area (Å²) in [5, 5.41) is 10.3. The van der Waals surface area contributed by atoms with Gasteiger partial charge in [-0.2, -0.15) is 0 Å². The maximum atomic E-state index is 2.49. The molecule has 0 radical (unpaired) electrons. The monoisotopic (exact) mass is 621 g/mol. The van der Waals surface area contributed by atoms with Gasteiger partial charge in [0.1, 0.15) is 0 Å². The van der Waals surface area contributed by atoms with Gasteiger partial charge < -0.3 is 4.57 Å². The lowest BCUT2D eigenvalue weighted by Crippen LogP contribution is -1.96. The average Bonchev–Trinajstić information content (AvgIpc) is 3.54. The number of hydrogen-bond donors (Lipinski definition) is 0. The highest BCUT2D eigenvalue weighted by molar-refractivity contribution is 6.38. The van der Waals surface area contributed by atoms with Gasteiger partial charge in [0.15, 0.2) is 0 Å². The van der Waals surface area contributed by atoms with Gasteiger partial charge in [-0.3, -0.25) is 0 Å². The molecule has 49 heavy (non-hydrogen) atoms. The third-order valence-corrected chi connectivity index (χ3v) is 10.2. The summed E-state index contributed by atoms with van der Waals surface area (Å²) in [4.78, 5) is 0. The molecule has 0 aliphatic heterocycles. The molecule has 0 unspecified atom stereocenters. The first-order valence-corrected chi connectivity index (χ1v) is 16.9. The molecule has 0 bridgehead atoms. The Morgan fingerprint density at radius 1 is 0.286 bits per heavy atom. The zero-order valence-corrected chi connectivity index (χ0v) is 26.8. The van der Waals surface area contributed by atoms with Crippen LogP contribution in [0.3, 0.4) is 0 Å². The lowest BCUT2D eigenvalue weighted by molar-refractivity contribution is 1.19. The van der Waals surface area contributed by atoms with Gasteiger partial charge in [0, 0.05) is 27.2 Å². The van der Waals surface area contributed by atoms with Crippen LogP contribution in [0.5, 0.6) is 0 Å². The van der Waals surface area contributed by atoms with Crippen molar-refractivity contribution in [2.24, 2.45) is 0 Å².